The van der Waals surface area contributed by atoms with Gasteiger partial charge in [0.15, 0.2) is 0 Å². The van der Waals surface area contributed by atoms with Crippen LogP contribution in [0.15, 0.2) is 67.0 Å². The Labute approximate surface area is 276 Å². The minimum atomic E-state index is 0. The van der Waals surface area contributed by atoms with Gasteiger partial charge in [-0.2, -0.15) is 0 Å². The second-order valence-electron chi connectivity index (χ2n) is 12.8. The van der Waals surface area contributed by atoms with Crippen LogP contribution in [0.1, 0.15) is 65.5 Å². The maximum Gasteiger partial charge on any atom is 0.0454 e. The van der Waals surface area contributed by atoms with Gasteiger partial charge in [-0.15, -0.1) is 69.3 Å². The van der Waals surface area contributed by atoms with Crippen molar-refractivity contribution in [3.8, 4) is 22.5 Å². The number of hydrogen-bond donors (Lipinski definition) is 0. The molecule has 3 heterocycles. The molecule has 0 saturated carbocycles. The molecule has 0 spiro atoms. The standard InChI is InChI=1S/C23H21N2.C17H20N.Ir/c1-13-10-18(11-14(2)16(13)4)23-21-7-6-19-17(5)25-15(3)12-22(19)20(21)8-9-24-23;1-12-8-13(2)10-14(9-12)16-11-15(6-7-18-16)17(3,4)5;/h6-10,12H,1-5H3;6-9,11H,1-5H3;/q2*-1;. The van der Waals surface area contributed by atoms with E-state index in [1.54, 1.807) is 0 Å². The van der Waals surface area contributed by atoms with Crippen molar-refractivity contribution in [2.75, 3.05) is 0 Å². The molecule has 6 aromatic rings. The van der Waals surface area contributed by atoms with Crippen LogP contribution in [0.25, 0.3) is 44.1 Å². The van der Waals surface area contributed by atoms with Crippen LogP contribution in [0.3, 0.4) is 0 Å². The number of nitrogens with zero attached hydrogens (tertiary/aromatic N) is 3. The largest absolute Gasteiger partial charge is 0.305 e. The van der Waals surface area contributed by atoms with Gasteiger partial charge in [-0.3, -0.25) is 4.98 Å². The number of aryl methyl sites for hydroxylation is 6. The van der Waals surface area contributed by atoms with Crippen LogP contribution >= 0.6 is 0 Å². The fourth-order valence-corrected chi connectivity index (χ4v) is 5.69. The summed E-state index contributed by atoms with van der Waals surface area (Å²) in [5.41, 5.74) is 13.9. The van der Waals surface area contributed by atoms with Gasteiger partial charge in [-0.1, -0.05) is 73.6 Å². The minimum absolute atomic E-state index is 0. The zero-order chi connectivity index (χ0) is 31.1. The van der Waals surface area contributed by atoms with Crippen LogP contribution in [0.4, 0.5) is 0 Å². The van der Waals surface area contributed by atoms with Crippen LogP contribution in [-0.4, -0.2) is 15.0 Å². The molecule has 0 atom stereocenters. The topological polar surface area (TPSA) is 38.7 Å². The van der Waals surface area contributed by atoms with Crippen LogP contribution in [0.2, 0.25) is 0 Å². The van der Waals surface area contributed by atoms with E-state index in [0.717, 1.165) is 39.5 Å². The van der Waals surface area contributed by atoms with Gasteiger partial charge in [0.2, 0.25) is 0 Å². The summed E-state index contributed by atoms with van der Waals surface area (Å²) in [6, 6.07) is 26.2. The molecule has 0 saturated heterocycles. The van der Waals surface area contributed by atoms with E-state index in [9.17, 15) is 0 Å². The van der Waals surface area contributed by atoms with E-state index in [0.29, 0.717) is 0 Å². The molecule has 3 nitrogen and oxygen atoms in total. The van der Waals surface area contributed by atoms with Gasteiger partial charge in [0, 0.05) is 49.3 Å². The number of aromatic nitrogens is 3. The van der Waals surface area contributed by atoms with Crippen molar-refractivity contribution in [1.82, 2.24) is 15.0 Å². The van der Waals surface area contributed by atoms with E-state index < -0.39 is 0 Å². The first-order chi connectivity index (χ1) is 20.3. The molecule has 4 heteroatoms. The average molecular weight is 756 g/mol. The molecule has 1 radical (unpaired) electrons. The zero-order valence-corrected chi connectivity index (χ0v) is 29.9. The number of pyridine rings is 3. The Balaban J connectivity index is 0.000000207. The Morgan fingerprint density at radius 1 is 0.636 bits per heavy atom. The molecule has 0 bridgehead atoms. The van der Waals surface area contributed by atoms with Crippen molar-refractivity contribution in [1.29, 1.82) is 0 Å². The fourth-order valence-electron chi connectivity index (χ4n) is 5.69. The van der Waals surface area contributed by atoms with Crippen molar-refractivity contribution in [2.24, 2.45) is 0 Å². The molecule has 6 rings (SSSR count). The smallest absolute Gasteiger partial charge is 0.0454 e. The molecule has 3 aromatic carbocycles. The minimum Gasteiger partial charge on any atom is -0.305 e. The molecule has 0 aliphatic rings. The molecule has 0 fully saturated rings. The third kappa shape index (κ3) is 6.98. The van der Waals surface area contributed by atoms with E-state index in [1.165, 1.54) is 49.4 Å². The third-order valence-corrected chi connectivity index (χ3v) is 8.22. The quantitative estimate of drug-likeness (QED) is 0.131. The van der Waals surface area contributed by atoms with E-state index in [2.05, 4.69) is 139 Å². The summed E-state index contributed by atoms with van der Waals surface area (Å²) in [4.78, 5) is 13.8. The van der Waals surface area contributed by atoms with Gasteiger partial charge in [0.25, 0.3) is 0 Å². The molecule has 0 amide bonds. The summed E-state index contributed by atoms with van der Waals surface area (Å²) < 4.78 is 0. The molecule has 227 valence electrons. The molecule has 44 heavy (non-hydrogen) atoms. The number of rotatable bonds is 2. The number of hydrogen-bond acceptors (Lipinski definition) is 3. The molecular formula is C40H41IrN3-2. The first kappa shape index (κ1) is 33.2. The molecule has 0 aliphatic heterocycles. The van der Waals surface area contributed by atoms with Gasteiger partial charge in [0.05, 0.1) is 0 Å². The van der Waals surface area contributed by atoms with Crippen LogP contribution in [0, 0.1) is 60.6 Å². The molecule has 0 aliphatic carbocycles. The monoisotopic (exact) mass is 756 g/mol. The molecule has 0 unspecified atom stereocenters. The maximum atomic E-state index is 4.69. The normalized spacial score (nSPS) is 11.2. The van der Waals surface area contributed by atoms with Gasteiger partial charge in [-0.25, -0.2) is 0 Å². The van der Waals surface area contributed by atoms with Gasteiger partial charge in [0.1, 0.15) is 0 Å². The third-order valence-electron chi connectivity index (χ3n) is 8.22. The van der Waals surface area contributed by atoms with Crippen LogP contribution in [0.5, 0.6) is 0 Å². The zero-order valence-electron chi connectivity index (χ0n) is 27.5. The van der Waals surface area contributed by atoms with Crippen molar-refractivity contribution in [2.45, 2.75) is 74.7 Å². The van der Waals surface area contributed by atoms with Crippen molar-refractivity contribution in [3.05, 3.63) is 124 Å². The molecular weight excluding hydrogens is 715 g/mol. The van der Waals surface area contributed by atoms with E-state index >= 15 is 0 Å². The second-order valence-corrected chi connectivity index (χ2v) is 12.8. The number of fused-ring (bicyclic) bond motifs is 3. The number of benzene rings is 3. The van der Waals surface area contributed by atoms with Gasteiger partial charge in [-0.05, 0) is 70.6 Å². The Hall–Kier alpha value is -3.72. The summed E-state index contributed by atoms with van der Waals surface area (Å²) in [6.45, 7) is 21.4. The van der Waals surface area contributed by atoms with Gasteiger partial charge >= 0.3 is 0 Å². The second kappa shape index (κ2) is 13.1. The van der Waals surface area contributed by atoms with E-state index in [-0.39, 0.29) is 25.5 Å². The van der Waals surface area contributed by atoms with Crippen molar-refractivity contribution < 1.29 is 20.1 Å². The fraction of sp³-hybridized carbons (Fsp3) is 0.275. The molecule has 3 aromatic heterocycles. The Kier molecular flexibility index (Phi) is 9.88. The van der Waals surface area contributed by atoms with Crippen molar-refractivity contribution in [3.63, 3.8) is 0 Å². The maximum absolute atomic E-state index is 4.69. The Morgan fingerprint density at radius 3 is 2.02 bits per heavy atom. The van der Waals surface area contributed by atoms with E-state index in [4.69, 9.17) is 4.98 Å². The van der Waals surface area contributed by atoms with Crippen LogP contribution in [-0.2, 0) is 25.5 Å². The summed E-state index contributed by atoms with van der Waals surface area (Å²) in [5.74, 6) is 0. The molecule has 0 N–H and O–H groups in total. The van der Waals surface area contributed by atoms with Crippen molar-refractivity contribution >= 4 is 21.5 Å². The summed E-state index contributed by atoms with van der Waals surface area (Å²) in [6.07, 6.45) is 3.79. The Bertz CT molecular complexity index is 1940. The summed E-state index contributed by atoms with van der Waals surface area (Å²) in [7, 11) is 0. The first-order valence-electron chi connectivity index (χ1n) is 15.0. The predicted octanol–water partition coefficient (Wildman–Crippen LogP) is 10.3. The average Bonchev–Trinajstić information content (AvgIpc) is 2.94. The first-order valence-corrected chi connectivity index (χ1v) is 15.0. The SMILES string of the molecule is Cc1[c-]c(-c2cc(C(C)(C)C)ccn2)cc(C)c1.Cc1cc2c(ccc3c(-c4[c-]c(C)c(C)c(C)c4)nccc32)c(C)n1.[Ir]. The predicted molar refractivity (Wildman–Crippen MR) is 182 cm³/mol. The van der Waals surface area contributed by atoms with Gasteiger partial charge < -0.3 is 9.97 Å². The van der Waals surface area contributed by atoms with Crippen LogP contribution < -0.4 is 0 Å². The summed E-state index contributed by atoms with van der Waals surface area (Å²) in [5, 5.41) is 4.83. The Morgan fingerprint density at radius 2 is 1.34 bits per heavy atom. The van der Waals surface area contributed by atoms with E-state index in [1.807, 2.05) is 19.3 Å². The summed E-state index contributed by atoms with van der Waals surface area (Å²) >= 11 is 0.